The van der Waals surface area contributed by atoms with Crippen LogP contribution in [0.1, 0.15) is 12.8 Å². The van der Waals surface area contributed by atoms with E-state index in [-0.39, 0.29) is 0 Å². The highest BCUT2D eigenvalue weighted by Crippen LogP contribution is 2.08. The third-order valence-electron chi connectivity index (χ3n) is 3.16. The quantitative estimate of drug-likeness (QED) is 0.474. The number of thioether (sulfide) groups is 1. The number of pyridine rings is 1. The predicted octanol–water partition coefficient (Wildman–Crippen LogP) is 1.64. The molecule has 2 rings (SSSR count). The van der Waals surface area contributed by atoms with Crippen LogP contribution in [0.15, 0.2) is 29.4 Å². The van der Waals surface area contributed by atoms with Gasteiger partial charge < -0.3 is 16.0 Å². The molecule has 1 fully saturated rings. The average molecular weight is 293 g/mol. The summed E-state index contributed by atoms with van der Waals surface area (Å²) in [6.07, 6.45) is 3.91. The number of aliphatic imine (C=N–C) groups is 1. The smallest absolute Gasteiger partial charge is 0.191 e. The third kappa shape index (κ3) is 5.28. The molecule has 1 aromatic rings. The molecular weight excluding hydrogens is 270 g/mol. The van der Waals surface area contributed by atoms with Gasteiger partial charge in [0, 0.05) is 43.9 Å². The Bertz CT molecular complexity index is 403. The molecule has 0 radical (unpaired) electrons. The number of guanidine groups is 1. The van der Waals surface area contributed by atoms with E-state index < -0.39 is 0 Å². The number of unbranched alkanes of at least 4 members (excludes halogenated alkanes) is 1. The molecule has 0 aliphatic carbocycles. The number of aromatic nitrogens is 1. The first kappa shape index (κ1) is 15.0. The van der Waals surface area contributed by atoms with Crippen molar-refractivity contribution in [2.45, 2.75) is 12.8 Å². The summed E-state index contributed by atoms with van der Waals surface area (Å²) in [5, 5.41) is 3.29. The van der Waals surface area contributed by atoms with E-state index in [2.05, 4.69) is 20.2 Å². The number of hydrogen-bond acceptors (Lipinski definition) is 4. The van der Waals surface area contributed by atoms with Crippen molar-refractivity contribution in [1.29, 1.82) is 0 Å². The van der Waals surface area contributed by atoms with Gasteiger partial charge in [-0.1, -0.05) is 6.07 Å². The van der Waals surface area contributed by atoms with Crippen LogP contribution in [0.25, 0.3) is 0 Å². The van der Waals surface area contributed by atoms with Crippen molar-refractivity contribution in [2.75, 3.05) is 43.0 Å². The number of nitrogens with zero attached hydrogens (tertiary/aromatic N) is 3. The van der Waals surface area contributed by atoms with Crippen LogP contribution < -0.4 is 11.1 Å². The van der Waals surface area contributed by atoms with E-state index in [9.17, 15) is 0 Å². The van der Waals surface area contributed by atoms with Crippen molar-refractivity contribution in [2.24, 2.45) is 10.7 Å². The van der Waals surface area contributed by atoms with Crippen LogP contribution in [0.4, 0.5) is 5.82 Å². The fourth-order valence-electron chi connectivity index (χ4n) is 2.01. The van der Waals surface area contributed by atoms with Gasteiger partial charge in [0.2, 0.25) is 0 Å². The Morgan fingerprint density at radius 1 is 1.35 bits per heavy atom. The molecule has 6 heteroatoms. The molecule has 0 saturated carbocycles. The maximum absolute atomic E-state index is 6.00. The van der Waals surface area contributed by atoms with E-state index in [4.69, 9.17) is 5.73 Å². The SMILES string of the molecule is NC(=NCCCCNc1ccccn1)N1CCSCC1. The van der Waals surface area contributed by atoms with E-state index in [1.54, 1.807) is 6.20 Å². The largest absolute Gasteiger partial charge is 0.370 e. The molecule has 2 heterocycles. The van der Waals surface area contributed by atoms with Gasteiger partial charge in [0.1, 0.15) is 5.82 Å². The van der Waals surface area contributed by atoms with Gasteiger partial charge in [-0.3, -0.25) is 4.99 Å². The highest BCUT2D eigenvalue weighted by atomic mass is 32.2. The van der Waals surface area contributed by atoms with Crippen molar-refractivity contribution in [3.05, 3.63) is 24.4 Å². The molecule has 110 valence electrons. The molecule has 20 heavy (non-hydrogen) atoms. The Morgan fingerprint density at radius 3 is 2.95 bits per heavy atom. The van der Waals surface area contributed by atoms with Crippen molar-refractivity contribution in [1.82, 2.24) is 9.88 Å². The van der Waals surface area contributed by atoms with Gasteiger partial charge >= 0.3 is 0 Å². The van der Waals surface area contributed by atoms with Crippen molar-refractivity contribution < 1.29 is 0 Å². The second-order valence-electron chi connectivity index (χ2n) is 4.69. The van der Waals surface area contributed by atoms with E-state index in [1.165, 1.54) is 0 Å². The molecular formula is C14H23N5S. The van der Waals surface area contributed by atoms with Crippen LogP contribution in [0, 0.1) is 0 Å². The predicted molar refractivity (Wildman–Crippen MR) is 87.3 cm³/mol. The van der Waals surface area contributed by atoms with Gasteiger partial charge in [0.05, 0.1) is 0 Å². The first-order valence-corrected chi connectivity index (χ1v) is 8.29. The minimum absolute atomic E-state index is 0.711. The molecule has 0 unspecified atom stereocenters. The summed E-state index contributed by atoms with van der Waals surface area (Å²) >= 11 is 1.98. The molecule has 1 aliphatic rings. The fourth-order valence-corrected chi connectivity index (χ4v) is 2.91. The topological polar surface area (TPSA) is 66.5 Å². The lowest BCUT2D eigenvalue weighted by Crippen LogP contribution is -2.42. The van der Waals surface area contributed by atoms with Crippen molar-refractivity contribution in [3.63, 3.8) is 0 Å². The zero-order valence-electron chi connectivity index (χ0n) is 11.8. The summed E-state index contributed by atoms with van der Waals surface area (Å²) in [6.45, 7) is 3.79. The Kier molecular flexibility index (Phi) is 6.50. The number of hydrogen-bond donors (Lipinski definition) is 2. The lowest BCUT2D eigenvalue weighted by molar-refractivity contribution is 0.455. The van der Waals surface area contributed by atoms with Crippen LogP contribution in [-0.2, 0) is 0 Å². The normalized spacial score (nSPS) is 16.2. The molecule has 3 N–H and O–H groups in total. The van der Waals surface area contributed by atoms with Gasteiger partial charge in [-0.15, -0.1) is 0 Å². The Labute approximate surface area is 125 Å². The zero-order valence-corrected chi connectivity index (χ0v) is 12.6. The van der Waals surface area contributed by atoms with Gasteiger partial charge in [-0.05, 0) is 25.0 Å². The molecule has 0 bridgehead atoms. The van der Waals surface area contributed by atoms with Crippen LogP contribution in [0.3, 0.4) is 0 Å². The number of anilines is 1. The van der Waals surface area contributed by atoms with Gasteiger partial charge in [0.25, 0.3) is 0 Å². The highest BCUT2D eigenvalue weighted by Gasteiger charge is 2.11. The number of rotatable bonds is 6. The van der Waals surface area contributed by atoms with Gasteiger partial charge in [-0.2, -0.15) is 11.8 Å². The summed E-state index contributed by atoms with van der Waals surface area (Å²) < 4.78 is 0. The van der Waals surface area contributed by atoms with Crippen molar-refractivity contribution in [3.8, 4) is 0 Å². The van der Waals surface area contributed by atoms with E-state index in [0.29, 0.717) is 5.96 Å². The second kappa shape index (κ2) is 8.68. The minimum Gasteiger partial charge on any atom is -0.370 e. The lowest BCUT2D eigenvalue weighted by Gasteiger charge is -2.27. The molecule has 0 spiro atoms. The Morgan fingerprint density at radius 2 is 2.20 bits per heavy atom. The zero-order chi connectivity index (χ0) is 14.0. The van der Waals surface area contributed by atoms with E-state index >= 15 is 0 Å². The van der Waals surface area contributed by atoms with Crippen LogP contribution >= 0.6 is 11.8 Å². The van der Waals surface area contributed by atoms with Gasteiger partial charge in [0.15, 0.2) is 5.96 Å². The molecule has 5 nitrogen and oxygen atoms in total. The summed E-state index contributed by atoms with van der Waals surface area (Å²) in [5.74, 6) is 3.96. The first-order valence-electron chi connectivity index (χ1n) is 7.14. The number of nitrogens with one attached hydrogen (secondary N) is 1. The summed E-state index contributed by atoms with van der Waals surface area (Å²) in [4.78, 5) is 10.9. The van der Waals surface area contributed by atoms with Crippen LogP contribution in [0.5, 0.6) is 0 Å². The Balaban J connectivity index is 1.56. The molecule has 1 saturated heterocycles. The maximum Gasteiger partial charge on any atom is 0.191 e. The number of nitrogens with two attached hydrogens (primary N) is 1. The van der Waals surface area contributed by atoms with E-state index in [0.717, 1.165) is 56.3 Å². The molecule has 1 aromatic heterocycles. The second-order valence-corrected chi connectivity index (χ2v) is 5.91. The molecule has 0 amide bonds. The molecule has 1 aliphatic heterocycles. The average Bonchev–Trinajstić information content (AvgIpc) is 2.52. The third-order valence-corrected chi connectivity index (χ3v) is 4.11. The van der Waals surface area contributed by atoms with E-state index in [1.807, 2.05) is 30.0 Å². The first-order chi connectivity index (χ1) is 9.86. The standard InChI is InChI=1S/C14H23N5S/c15-14(19-9-11-20-12-10-19)18-8-4-3-7-17-13-5-1-2-6-16-13/h1-2,5-6H,3-4,7-12H2,(H2,15,18)(H,16,17). The molecule has 0 atom stereocenters. The van der Waals surface area contributed by atoms with Crippen LogP contribution in [-0.4, -0.2) is 53.5 Å². The van der Waals surface area contributed by atoms with Crippen LogP contribution in [0.2, 0.25) is 0 Å². The summed E-state index contributed by atoms with van der Waals surface area (Å²) in [5.41, 5.74) is 6.00. The monoisotopic (exact) mass is 293 g/mol. The summed E-state index contributed by atoms with van der Waals surface area (Å²) in [6, 6.07) is 5.88. The maximum atomic E-state index is 6.00. The highest BCUT2D eigenvalue weighted by molar-refractivity contribution is 7.99. The Hall–Kier alpha value is -1.43. The molecule has 0 aromatic carbocycles. The van der Waals surface area contributed by atoms with Gasteiger partial charge in [-0.25, -0.2) is 4.98 Å². The lowest BCUT2D eigenvalue weighted by atomic mass is 10.3. The van der Waals surface area contributed by atoms with Crippen molar-refractivity contribution >= 4 is 23.5 Å². The summed E-state index contributed by atoms with van der Waals surface area (Å²) in [7, 11) is 0. The minimum atomic E-state index is 0.711. The fraction of sp³-hybridized carbons (Fsp3) is 0.571.